The SMILES string of the molecule is Cc1nc([C@@](C)(O)c2cc(Cl)c(F)c(C(=O)N[C@H]3CCCC[C@@H]3O)c2OC(C)C)n2ccnc(N)c12. The van der Waals surface area contributed by atoms with Crippen LogP contribution in [-0.2, 0) is 5.60 Å². The van der Waals surface area contributed by atoms with E-state index in [1.165, 1.54) is 19.2 Å². The van der Waals surface area contributed by atoms with Crippen molar-refractivity contribution in [1.29, 1.82) is 0 Å². The molecule has 1 aromatic carbocycles. The monoisotopic (exact) mass is 519 g/mol. The highest BCUT2D eigenvalue weighted by Crippen LogP contribution is 2.42. The Morgan fingerprint density at radius 2 is 2.08 bits per heavy atom. The number of carbonyl (C=O) groups is 1. The highest BCUT2D eigenvalue weighted by atomic mass is 35.5. The summed E-state index contributed by atoms with van der Waals surface area (Å²) in [4.78, 5) is 22.0. The van der Waals surface area contributed by atoms with Crippen molar-refractivity contribution in [2.45, 2.75) is 77.2 Å². The van der Waals surface area contributed by atoms with Crippen molar-refractivity contribution in [3.05, 3.63) is 51.9 Å². The molecule has 2 aromatic heterocycles. The Morgan fingerprint density at radius 1 is 1.39 bits per heavy atom. The number of carbonyl (C=O) groups excluding carboxylic acids is 1. The number of nitrogens with zero attached hydrogens (tertiary/aromatic N) is 3. The summed E-state index contributed by atoms with van der Waals surface area (Å²) in [6.45, 7) is 6.63. The van der Waals surface area contributed by atoms with Crippen LogP contribution in [0.1, 0.15) is 73.9 Å². The topological polar surface area (TPSA) is 135 Å². The lowest BCUT2D eigenvalue weighted by Crippen LogP contribution is -2.45. The van der Waals surface area contributed by atoms with E-state index in [-0.39, 0.29) is 28.0 Å². The molecule has 5 N–H and O–H groups in total. The first kappa shape index (κ1) is 26.1. The van der Waals surface area contributed by atoms with Crippen molar-refractivity contribution in [2.75, 3.05) is 5.73 Å². The minimum Gasteiger partial charge on any atom is -0.490 e. The molecule has 4 rings (SSSR count). The summed E-state index contributed by atoms with van der Waals surface area (Å²) in [5.41, 5.74) is 4.80. The van der Waals surface area contributed by atoms with Gasteiger partial charge in [-0.2, -0.15) is 0 Å². The number of benzene rings is 1. The predicted octanol–water partition coefficient (Wildman–Crippen LogP) is 3.49. The Morgan fingerprint density at radius 3 is 2.75 bits per heavy atom. The van der Waals surface area contributed by atoms with Gasteiger partial charge in [0.25, 0.3) is 5.91 Å². The van der Waals surface area contributed by atoms with Gasteiger partial charge in [0.15, 0.2) is 5.82 Å². The summed E-state index contributed by atoms with van der Waals surface area (Å²) in [5, 5.41) is 24.6. The number of nitrogens with one attached hydrogen (secondary N) is 1. The third-order valence-electron chi connectivity index (χ3n) is 6.52. The fourth-order valence-electron chi connectivity index (χ4n) is 4.76. The number of nitrogen functional groups attached to an aromatic ring is 1. The number of imidazole rings is 1. The lowest BCUT2D eigenvalue weighted by atomic mass is 9.90. The molecule has 11 heteroatoms. The van der Waals surface area contributed by atoms with Gasteiger partial charge in [-0.15, -0.1) is 0 Å². The lowest BCUT2D eigenvalue weighted by molar-refractivity contribution is 0.0703. The molecule has 194 valence electrons. The molecule has 1 amide bonds. The Balaban J connectivity index is 1.90. The first-order valence-electron chi connectivity index (χ1n) is 11.9. The van der Waals surface area contributed by atoms with Crippen molar-refractivity contribution in [3.63, 3.8) is 0 Å². The normalized spacial score (nSPS) is 19.9. The van der Waals surface area contributed by atoms with E-state index in [2.05, 4.69) is 15.3 Å². The van der Waals surface area contributed by atoms with Gasteiger partial charge in [-0.3, -0.25) is 9.20 Å². The zero-order chi connectivity index (χ0) is 26.4. The number of anilines is 1. The lowest BCUT2D eigenvalue weighted by Gasteiger charge is -2.30. The van der Waals surface area contributed by atoms with Crippen LogP contribution in [0.15, 0.2) is 18.5 Å². The molecule has 1 saturated carbocycles. The second-order valence-electron chi connectivity index (χ2n) is 9.65. The number of amides is 1. The van der Waals surface area contributed by atoms with Gasteiger partial charge >= 0.3 is 0 Å². The van der Waals surface area contributed by atoms with Gasteiger partial charge in [0.05, 0.1) is 29.0 Å². The summed E-state index contributed by atoms with van der Waals surface area (Å²) in [6, 6.07) is 0.705. The van der Waals surface area contributed by atoms with E-state index in [1.807, 2.05) is 0 Å². The standard InChI is InChI=1S/C25H31ClFN5O4/c1-12(2)36-21-14(25(4,35)24-30-13(3)20-22(28)29-9-10-32(20)24)11-15(26)19(27)18(21)23(34)31-16-7-5-6-8-17(16)33/h9-12,16-17,33,35H,5-8H2,1-4H3,(H2,28,29)(H,31,34)/t16-,17-,25-/m0/s1. The largest absolute Gasteiger partial charge is 0.490 e. The molecular weight excluding hydrogens is 489 g/mol. The number of aromatic nitrogens is 3. The van der Waals surface area contributed by atoms with Crippen LogP contribution in [0.2, 0.25) is 5.02 Å². The van der Waals surface area contributed by atoms with Crippen LogP contribution in [0, 0.1) is 12.7 Å². The van der Waals surface area contributed by atoms with E-state index in [0.717, 1.165) is 12.8 Å². The molecule has 36 heavy (non-hydrogen) atoms. The average Bonchev–Trinajstić information content (AvgIpc) is 3.16. The number of hydrogen-bond donors (Lipinski definition) is 4. The molecule has 0 saturated heterocycles. The molecule has 3 aromatic rings. The zero-order valence-corrected chi connectivity index (χ0v) is 21.4. The van der Waals surface area contributed by atoms with Crippen LogP contribution < -0.4 is 15.8 Å². The highest BCUT2D eigenvalue weighted by molar-refractivity contribution is 6.31. The first-order valence-corrected chi connectivity index (χ1v) is 12.3. The van der Waals surface area contributed by atoms with E-state index >= 15 is 4.39 Å². The maximum Gasteiger partial charge on any atom is 0.258 e. The number of fused-ring (bicyclic) bond motifs is 1. The van der Waals surface area contributed by atoms with Gasteiger partial charge in [-0.1, -0.05) is 24.4 Å². The second kappa shape index (κ2) is 9.84. The number of aliphatic hydroxyl groups is 2. The predicted molar refractivity (Wildman–Crippen MR) is 134 cm³/mol. The quantitative estimate of drug-likeness (QED) is 0.391. The Bertz CT molecular complexity index is 1310. The van der Waals surface area contributed by atoms with E-state index in [9.17, 15) is 15.0 Å². The van der Waals surface area contributed by atoms with Crippen molar-refractivity contribution >= 4 is 28.8 Å². The van der Waals surface area contributed by atoms with E-state index in [1.54, 1.807) is 31.4 Å². The maximum atomic E-state index is 15.4. The molecule has 2 heterocycles. The molecule has 0 radical (unpaired) electrons. The number of halogens is 2. The number of rotatable bonds is 6. The molecule has 0 aliphatic heterocycles. The minimum atomic E-state index is -1.88. The van der Waals surface area contributed by atoms with E-state index in [0.29, 0.717) is 24.1 Å². The van der Waals surface area contributed by atoms with E-state index < -0.39 is 41.1 Å². The van der Waals surface area contributed by atoms with Crippen molar-refractivity contribution in [2.24, 2.45) is 0 Å². The summed E-state index contributed by atoms with van der Waals surface area (Å²) in [5.74, 6) is -1.53. The average molecular weight is 520 g/mol. The number of ether oxygens (including phenoxy) is 1. The first-order chi connectivity index (χ1) is 16.9. The van der Waals surface area contributed by atoms with E-state index in [4.69, 9.17) is 22.1 Å². The minimum absolute atomic E-state index is 0.0548. The van der Waals surface area contributed by atoms with Gasteiger partial charge in [-0.05, 0) is 46.6 Å². The maximum absolute atomic E-state index is 15.4. The van der Waals surface area contributed by atoms with Crippen LogP contribution >= 0.6 is 11.6 Å². The van der Waals surface area contributed by atoms with Gasteiger partial charge in [-0.25, -0.2) is 14.4 Å². The smallest absolute Gasteiger partial charge is 0.258 e. The number of hydrogen-bond acceptors (Lipinski definition) is 7. The fraction of sp³-hybridized carbons (Fsp3) is 0.480. The van der Waals surface area contributed by atoms with Crippen LogP contribution in [0.3, 0.4) is 0 Å². The molecular formula is C25H31ClFN5O4. The van der Waals surface area contributed by atoms with Crippen LogP contribution in [0.4, 0.5) is 10.2 Å². The molecule has 0 bridgehead atoms. The third kappa shape index (κ3) is 4.60. The van der Waals surface area contributed by atoms with Crippen LogP contribution in [-0.4, -0.2) is 48.7 Å². The molecule has 3 atom stereocenters. The molecule has 0 unspecified atom stereocenters. The summed E-state index contributed by atoms with van der Waals surface area (Å²) in [7, 11) is 0. The third-order valence-corrected chi connectivity index (χ3v) is 6.79. The number of aryl methyl sites for hydroxylation is 1. The fourth-order valence-corrected chi connectivity index (χ4v) is 4.96. The number of nitrogens with two attached hydrogens (primary N) is 1. The zero-order valence-electron chi connectivity index (χ0n) is 20.7. The molecule has 1 aliphatic rings. The van der Waals surface area contributed by atoms with Gasteiger partial charge in [0.2, 0.25) is 0 Å². The van der Waals surface area contributed by atoms with Gasteiger partial charge in [0.1, 0.15) is 34.1 Å². The van der Waals surface area contributed by atoms with Crippen LogP contribution in [0.25, 0.3) is 5.52 Å². The summed E-state index contributed by atoms with van der Waals surface area (Å²) in [6.07, 6.45) is 4.66. The van der Waals surface area contributed by atoms with Crippen molar-refractivity contribution in [3.8, 4) is 5.75 Å². The number of aliphatic hydroxyl groups excluding tert-OH is 1. The molecule has 1 aliphatic carbocycles. The van der Waals surface area contributed by atoms with Crippen molar-refractivity contribution in [1.82, 2.24) is 19.7 Å². The molecule has 0 spiro atoms. The highest BCUT2D eigenvalue weighted by Gasteiger charge is 2.39. The summed E-state index contributed by atoms with van der Waals surface area (Å²) < 4.78 is 23.0. The molecule has 1 fully saturated rings. The Kier molecular flexibility index (Phi) is 7.14. The Hall–Kier alpha value is -2.95. The second-order valence-corrected chi connectivity index (χ2v) is 10.1. The van der Waals surface area contributed by atoms with Gasteiger partial charge < -0.3 is 26.0 Å². The summed E-state index contributed by atoms with van der Waals surface area (Å²) >= 11 is 6.26. The molecule has 9 nitrogen and oxygen atoms in total. The van der Waals surface area contributed by atoms with Gasteiger partial charge in [0, 0.05) is 18.0 Å². The van der Waals surface area contributed by atoms with Crippen LogP contribution in [0.5, 0.6) is 5.75 Å². The van der Waals surface area contributed by atoms with Crippen molar-refractivity contribution < 1.29 is 24.1 Å². The Labute approximate surface area is 213 Å².